The van der Waals surface area contributed by atoms with Gasteiger partial charge in [-0.3, -0.25) is 4.31 Å². The smallest absolute Gasteiger partial charge is 0.304 e. The van der Waals surface area contributed by atoms with Crippen molar-refractivity contribution in [2.24, 2.45) is 0 Å². The van der Waals surface area contributed by atoms with Gasteiger partial charge in [0.2, 0.25) is 0 Å². The Morgan fingerprint density at radius 1 is 1.19 bits per heavy atom. The fourth-order valence-corrected chi connectivity index (χ4v) is 4.50. The van der Waals surface area contributed by atoms with Crippen LogP contribution in [0, 0.1) is 0 Å². The fraction of sp³-hybridized carbons (Fsp3) is 0.571. The minimum atomic E-state index is -3.47. The van der Waals surface area contributed by atoms with E-state index in [4.69, 9.17) is 9.47 Å². The lowest BCUT2D eigenvalue weighted by Gasteiger charge is -2.36. The largest absolute Gasteiger partial charge is 0.497 e. The molecule has 1 aromatic carbocycles. The molecule has 0 atom stereocenters. The summed E-state index contributed by atoms with van der Waals surface area (Å²) in [5, 5.41) is 0. The summed E-state index contributed by atoms with van der Waals surface area (Å²) in [4.78, 5) is 0. The zero-order chi connectivity index (χ0) is 14.9. The summed E-state index contributed by atoms with van der Waals surface area (Å²) in [7, 11) is -1.85. The average Bonchev–Trinajstić information content (AvgIpc) is 2.54. The number of fused-ring (bicyclic) bond motifs is 1. The Morgan fingerprint density at radius 2 is 1.95 bits per heavy atom. The molecule has 0 amide bonds. The molecule has 3 rings (SSSR count). The van der Waals surface area contributed by atoms with Gasteiger partial charge < -0.3 is 9.47 Å². The van der Waals surface area contributed by atoms with Crippen LogP contribution in [0.1, 0.15) is 12.0 Å². The number of hydrogen-bond acceptors (Lipinski definition) is 4. The lowest BCUT2D eigenvalue weighted by Crippen LogP contribution is -2.50. The third kappa shape index (κ3) is 2.73. The van der Waals surface area contributed by atoms with Gasteiger partial charge >= 0.3 is 10.2 Å². The highest BCUT2D eigenvalue weighted by molar-refractivity contribution is 7.90. The van der Waals surface area contributed by atoms with Crippen LogP contribution in [0.3, 0.4) is 0 Å². The van der Waals surface area contributed by atoms with Gasteiger partial charge in [-0.25, -0.2) is 0 Å². The molecular weight excluding hydrogens is 292 g/mol. The van der Waals surface area contributed by atoms with Gasteiger partial charge in [-0.15, -0.1) is 0 Å². The quantitative estimate of drug-likeness (QED) is 0.836. The van der Waals surface area contributed by atoms with Crippen LogP contribution in [0.15, 0.2) is 18.2 Å². The molecular formula is C14H20N2O4S. The minimum absolute atomic E-state index is 0.421. The molecule has 1 aromatic rings. The van der Waals surface area contributed by atoms with Crippen molar-refractivity contribution in [3.8, 4) is 5.75 Å². The summed E-state index contributed by atoms with van der Waals surface area (Å²) in [6.45, 7) is 2.29. The van der Waals surface area contributed by atoms with E-state index >= 15 is 0 Å². The van der Waals surface area contributed by atoms with Crippen LogP contribution in [0.25, 0.3) is 0 Å². The third-order valence-electron chi connectivity index (χ3n) is 3.94. The van der Waals surface area contributed by atoms with Crippen LogP contribution < -0.4 is 9.04 Å². The number of methoxy groups -OCH3 is 1. The monoisotopic (exact) mass is 312 g/mol. The highest BCUT2D eigenvalue weighted by Gasteiger charge is 2.33. The molecule has 0 bridgehead atoms. The maximum absolute atomic E-state index is 12.8. The molecule has 0 saturated carbocycles. The maximum atomic E-state index is 12.8. The van der Waals surface area contributed by atoms with Crippen molar-refractivity contribution < 1.29 is 17.9 Å². The summed E-state index contributed by atoms with van der Waals surface area (Å²) in [5.41, 5.74) is 1.80. The molecule has 0 aromatic heterocycles. The molecule has 0 spiro atoms. The summed E-state index contributed by atoms with van der Waals surface area (Å²) in [6, 6.07) is 5.58. The van der Waals surface area contributed by atoms with E-state index in [0.29, 0.717) is 32.8 Å². The number of nitrogens with zero attached hydrogens (tertiary/aromatic N) is 2. The molecule has 6 nitrogen and oxygen atoms in total. The summed E-state index contributed by atoms with van der Waals surface area (Å²) in [5.74, 6) is 0.763. The molecule has 1 saturated heterocycles. The van der Waals surface area contributed by atoms with Crippen molar-refractivity contribution in [3.63, 3.8) is 0 Å². The van der Waals surface area contributed by atoms with Crippen LogP contribution in [-0.4, -0.2) is 52.7 Å². The van der Waals surface area contributed by atoms with Gasteiger partial charge in [-0.05, 0) is 36.6 Å². The highest BCUT2D eigenvalue weighted by atomic mass is 32.2. The van der Waals surface area contributed by atoms with Gasteiger partial charge in [0, 0.05) is 19.6 Å². The molecule has 0 radical (unpaired) electrons. The Kier molecular flexibility index (Phi) is 4.05. The zero-order valence-corrected chi connectivity index (χ0v) is 12.9. The van der Waals surface area contributed by atoms with Crippen molar-refractivity contribution >= 4 is 15.9 Å². The molecule has 0 unspecified atom stereocenters. The number of rotatable bonds is 3. The second kappa shape index (κ2) is 5.82. The van der Waals surface area contributed by atoms with Crippen LogP contribution in [0.4, 0.5) is 5.69 Å². The molecule has 2 aliphatic rings. The molecule has 0 aliphatic carbocycles. The Hall–Kier alpha value is -1.31. The van der Waals surface area contributed by atoms with Crippen molar-refractivity contribution in [2.75, 3.05) is 44.3 Å². The molecule has 2 heterocycles. The van der Waals surface area contributed by atoms with E-state index in [-0.39, 0.29) is 0 Å². The number of aryl methyl sites for hydroxylation is 1. The number of morpholine rings is 1. The first-order valence-electron chi connectivity index (χ1n) is 7.15. The topological polar surface area (TPSA) is 59.1 Å². The predicted molar refractivity (Wildman–Crippen MR) is 80.0 cm³/mol. The SMILES string of the molecule is COc1ccc2c(c1)CCCN2S(=O)(=O)N1CCOCC1. The zero-order valence-electron chi connectivity index (χ0n) is 12.1. The maximum Gasteiger partial charge on any atom is 0.304 e. The van der Waals surface area contributed by atoms with E-state index in [1.807, 2.05) is 18.2 Å². The van der Waals surface area contributed by atoms with Gasteiger partial charge in [0.1, 0.15) is 5.75 Å². The van der Waals surface area contributed by atoms with Crippen molar-refractivity contribution in [2.45, 2.75) is 12.8 Å². The van der Waals surface area contributed by atoms with Gasteiger partial charge in [-0.2, -0.15) is 12.7 Å². The number of benzene rings is 1. The van der Waals surface area contributed by atoms with E-state index in [2.05, 4.69) is 0 Å². The van der Waals surface area contributed by atoms with Crippen molar-refractivity contribution in [1.29, 1.82) is 0 Å². The molecule has 0 N–H and O–H groups in total. The van der Waals surface area contributed by atoms with E-state index in [9.17, 15) is 8.42 Å². The van der Waals surface area contributed by atoms with E-state index < -0.39 is 10.2 Å². The summed E-state index contributed by atoms with van der Waals surface area (Å²) >= 11 is 0. The van der Waals surface area contributed by atoms with Crippen molar-refractivity contribution in [3.05, 3.63) is 23.8 Å². The summed E-state index contributed by atoms with van der Waals surface area (Å²) in [6.07, 6.45) is 1.70. The Balaban J connectivity index is 1.93. The van der Waals surface area contributed by atoms with Crippen LogP contribution in [0.2, 0.25) is 0 Å². The Morgan fingerprint density at radius 3 is 2.67 bits per heavy atom. The molecule has 2 aliphatic heterocycles. The lowest BCUT2D eigenvalue weighted by molar-refractivity contribution is 0.0729. The van der Waals surface area contributed by atoms with E-state index in [0.717, 1.165) is 29.8 Å². The second-order valence-corrected chi connectivity index (χ2v) is 7.04. The summed E-state index contributed by atoms with van der Waals surface area (Å²) < 4.78 is 39.1. The van der Waals surface area contributed by atoms with E-state index in [1.54, 1.807) is 7.11 Å². The van der Waals surface area contributed by atoms with Gasteiger partial charge in [0.25, 0.3) is 0 Å². The van der Waals surface area contributed by atoms with Crippen molar-refractivity contribution in [1.82, 2.24) is 4.31 Å². The normalized spacial score (nSPS) is 20.1. The van der Waals surface area contributed by atoms with Crippen LogP contribution in [-0.2, 0) is 21.4 Å². The van der Waals surface area contributed by atoms with Gasteiger partial charge in [-0.1, -0.05) is 0 Å². The highest BCUT2D eigenvalue weighted by Crippen LogP contribution is 2.33. The van der Waals surface area contributed by atoms with Gasteiger partial charge in [0.15, 0.2) is 0 Å². The fourth-order valence-electron chi connectivity index (χ4n) is 2.82. The Labute approximate surface area is 125 Å². The first-order chi connectivity index (χ1) is 10.1. The molecule has 7 heteroatoms. The predicted octanol–water partition coefficient (Wildman–Crippen LogP) is 1.02. The molecule has 1 fully saturated rings. The number of ether oxygens (including phenoxy) is 2. The minimum Gasteiger partial charge on any atom is -0.497 e. The average molecular weight is 312 g/mol. The standard InChI is InChI=1S/C14H20N2O4S/c1-19-13-4-5-14-12(11-13)3-2-6-16(14)21(17,18)15-7-9-20-10-8-15/h4-5,11H,2-3,6-10H2,1H3. The number of hydrogen-bond donors (Lipinski definition) is 0. The Bertz CT molecular complexity index is 611. The molecule has 116 valence electrons. The van der Waals surface area contributed by atoms with Gasteiger partial charge in [0.05, 0.1) is 26.0 Å². The lowest BCUT2D eigenvalue weighted by atomic mass is 10.0. The number of anilines is 1. The van der Waals surface area contributed by atoms with Crippen LogP contribution >= 0.6 is 0 Å². The van der Waals surface area contributed by atoms with E-state index in [1.165, 1.54) is 8.61 Å². The van der Waals surface area contributed by atoms with Crippen LogP contribution in [0.5, 0.6) is 5.75 Å². The first kappa shape index (κ1) is 14.6. The molecule has 21 heavy (non-hydrogen) atoms. The third-order valence-corrected chi connectivity index (χ3v) is 5.89. The first-order valence-corrected chi connectivity index (χ1v) is 8.55. The second-order valence-electron chi connectivity index (χ2n) is 5.19.